The Hall–Kier alpha value is -1.49. The standard InChI is InChI=1S/C11H18N4O/c1-14(2)9-6-15(7-9)11-10(16-3)4-8(12)5-13-11/h4-5,9H,6-7,12H2,1-3H3. The molecule has 1 fully saturated rings. The Kier molecular flexibility index (Phi) is 2.87. The summed E-state index contributed by atoms with van der Waals surface area (Å²) in [5.41, 5.74) is 6.30. The predicted molar refractivity (Wildman–Crippen MR) is 64.9 cm³/mol. The van der Waals surface area contributed by atoms with Crippen LogP contribution in [0.2, 0.25) is 0 Å². The number of aromatic nitrogens is 1. The zero-order valence-electron chi connectivity index (χ0n) is 9.97. The van der Waals surface area contributed by atoms with Gasteiger partial charge in [-0.05, 0) is 14.1 Å². The molecule has 16 heavy (non-hydrogen) atoms. The van der Waals surface area contributed by atoms with Gasteiger partial charge in [0, 0.05) is 25.2 Å². The summed E-state index contributed by atoms with van der Waals surface area (Å²) in [6.45, 7) is 1.97. The molecule has 0 spiro atoms. The van der Waals surface area contributed by atoms with E-state index in [0.29, 0.717) is 11.7 Å². The quantitative estimate of drug-likeness (QED) is 0.803. The molecule has 1 aromatic rings. The van der Waals surface area contributed by atoms with E-state index in [-0.39, 0.29) is 0 Å². The molecule has 0 bridgehead atoms. The minimum Gasteiger partial charge on any atom is -0.493 e. The van der Waals surface area contributed by atoms with Crippen LogP contribution in [0.3, 0.4) is 0 Å². The van der Waals surface area contributed by atoms with Gasteiger partial charge in [-0.1, -0.05) is 0 Å². The van der Waals surface area contributed by atoms with Crippen LogP contribution in [0.4, 0.5) is 11.5 Å². The molecular formula is C11H18N4O. The van der Waals surface area contributed by atoms with E-state index in [1.165, 1.54) is 0 Å². The normalized spacial score (nSPS) is 16.4. The van der Waals surface area contributed by atoms with Gasteiger partial charge in [-0.15, -0.1) is 0 Å². The summed E-state index contributed by atoms with van der Waals surface area (Å²) in [5.74, 6) is 1.63. The summed E-state index contributed by atoms with van der Waals surface area (Å²) in [6, 6.07) is 2.41. The highest BCUT2D eigenvalue weighted by atomic mass is 16.5. The van der Waals surface area contributed by atoms with Crippen molar-refractivity contribution < 1.29 is 4.74 Å². The number of hydrogen-bond donors (Lipinski definition) is 1. The molecule has 5 nitrogen and oxygen atoms in total. The Balaban J connectivity index is 2.11. The second-order valence-corrected chi connectivity index (χ2v) is 4.32. The number of nitrogens with two attached hydrogens (primary N) is 1. The van der Waals surface area contributed by atoms with Crippen molar-refractivity contribution in [3.05, 3.63) is 12.3 Å². The van der Waals surface area contributed by atoms with E-state index < -0.39 is 0 Å². The molecule has 0 saturated carbocycles. The first-order valence-electron chi connectivity index (χ1n) is 5.32. The molecule has 1 aliphatic heterocycles. The number of hydrogen-bond acceptors (Lipinski definition) is 5. The highest BCUT2D eigenvalue weighted by molar-refractivity contribution is 5.59. The molecule has 2 N–H and O–H groups in total. The van der Waals surface area contributed by atoms with E-state index in [0.717, 1.165) is 24.7 Å². The SMILES string of the molecule is COc1cc(N)cnc1N1CC(N(C)C)C1. The lowest BCUT2D eigenvalue weighted by Crippen LogP contribution is -2.57. The molecule has 2 heterocycles. The smallest absolute Gasteiger partial charge is 0.171 e. The Labute approximate surface area is 95.8 Å². The zero-order chi connectivity index (χ0) is 11.7. The van der Waals surface area contributed by atoms with E-state index in [1.807, 2.05) is 6.07 Å². The van der Waals surface area contributed by atoms with E-state index in [1.54, 1.807) is 13.3 Å². The van der Waals surface area contributed by atoms with E-state index in [9.17, 15) is 0 Å². The summed E-state index contributed by atoms with van der Waals surface area (Å²) in [6.07, 6.45) is 1.67. The molecule has 1 aliphatic rings. The number of pyridine rings is 1. The summed E-state index contributed by atoms with van der Waals surface area (Å²) in [7, 11) is 5.83. The van der Waals surface area contributed by atoms with Gasteiger partial charge in [0.2, 0.25) is 0 Å². The van der Waals surface area contributed by atoms with Crippen molar-refractivity contribution in [2.75, 3.05) is 44.9 Å². The van der Waals surface area contributed by atoms with Crippen LogP contribution in [0.25, 0.3) is 0 Å². The Morgan fingerprint density at radius 1 is 1.50 bits per heavy atom. The third kappa shape index (κ3) is 1.90. The summed E-state index contributed by atoms with van der Waals surface area (Å²) >= 11 is 0. The van der Waals surface area contributed by atoms with Crippen molar-refractivity contribution in [3.8, 4) is 5.75 Å². The lowest BCUT2D eigenvalue weighted by Gasteiger charge is -2.43. The van der Waals surface area contributed by atoms with Crippen LogP contribution in [0.1, 0.15) is 0 Å². The molecule has 0 atom stereocenters. The maximum Gasteiger partial charge on any atom is 0.171 e. The largest absolute Gasteiger partial charge is 0.493 e. The van der Waals surface area contributed by atoms with Gasteiger partial charge in [0.05, 0.1) is 19.0 Å². The van der Waals surface area contributed by atoms with Crippen LogP contribution in [-0.4, -0.2) is 50.2 Å². The van der Waals surface area contributed by atoms with Gasteiger partial charge in [0.1, 0.15) is 0 Å². The third-order valence-corrected chi connectivity index (χ3v) is 2.97. The van der Waals surface area contributed by atoms with Crippen molar-refractivity contribution in [2.24, 2.45) is 0 Å². The molecule has 0 aliphatic carbocycles. The van der Waals surface area contributed by atoms with Gasteiger partial charge >= 0.3 is 0 Å². The van der Waals surface area contributed by atoms with Crippen molar-refractivity contribution in [1.82, 2.24) is 9.88 Å². The fourth-order valence-corrected chi connectivity index (χ4v) is 1.80. The molecular weight excluding hydrogens is 204 g/mol. The molecule has 0 aromatic carbocycles. The van der Waals surface area contributed by atoms with Crippen LogP contribution in [0, 0.1) is 0 Å². The number of likely N-dealkylation sites (N-methyl/N-ethyl adjacent to an activating group) is 1. The predicted octanol–water partition coefficient (Wildman–Crippen LogP) is 0.423. The molecule has 1 saturated heterocycles. The van der Waals surface area contributed by atoms with Gasteiger partial charge in [-0.3, -0.25) is 0 Å². The van der Waals surface area contributed by atoms with Crippen LogP contribution in [0.15, 0.2) is 12.3 Å². The molecule has 88 valence electrons. The minimum atomic E-state index is 0.601. The van der Waals surface area contributed by atoms with Crippen molar-refractivity contribution in [2.45, 2.75) is 6.04 Å². The zero-order valence-corrected chi connectivity index (χ0v) is 9.97. The van der Waals surface area contributed by atoms with Gasteiger partial charge in [0.25, 0.3) is 0 Å². The van der Waals surface area contributed by atoms with Crippen molar-refractivity contribution in [3.63, 3.8) is 0 Å². The van der Waals surface area contributed by atoms with Crippen LogP contribution in [0.5, 0.6) is 5.75 Å². The second-order valence-electron chi connectivity index (χ2n) is 4.32. The Morgan fingerprint density at radius 3 is 2.75 bits per heavy atom. The number of anilines is 2. The van der Waals surface area contributed by atoms with Crippen molar-refractivity contribution in [1.29, 1.82) is 0 Å². The first kappa shape index (κ1) is 11.0. The minimum absolute atomic E-state index is 0.601. The molecule has 2 rings (SSSR count). The van der Waals surface area contributed by atoms with Gasteiger partial charge in [0.15, 0.2) is 11.6 Å². The average Bonchev–Trinajstić information content (AvgIpc) is 2.17. The molecule has 0 radical (unpaired) electrons. The lowest BCUT2D eigenvalue weighted by molar-refractivity contribution is 0.244. The van der Waals surface area contributed by atoms with E-state index >= 15 is 0 Å². The molecule has 0 amide bonds. The van der Waals surface area contributed by atoms with Crippen LogP contribution in [-0.2, 0) is 0 Å². The van der Waals surface area contributed by atoms with Gasteiger partial charge in [-0.25, -0.2) is 4.98 Å². The Morgan fingerprint density at radius 2 is 2.19 bits per heavy atom. The number of ether oxygens (including phenoxy) is 1. The maximum atomic E-state index is 5.67. The average molecular weight is 222 g/mol. The molecule has 5 heteroatoms. The first-order chi connectivity index (χ1) is 7.61. The number of methoxy groups -OCH3 is 1. The van der Waals surface area contributed by atoms with Crippen LogP contribution >= 0.6 is 0 Å². The summed E-state index contributed by atoms with van der Waals surface area (Å²) in [4.78, 5) is 8.74. The fourth-order valence-electron chi connectivity index (χ4n) is 1.80. The number of nitrogens with zero attached hydrogens (tertiary/aromatic N) is 3. The molecule has 1 aromatic heterocycles. The topological polar surface area (TPSA) is 54.6 Å². The maximum absolute atomic E-state index is 5.67. The van der Waals surface area contributed by atoms with Crippen LogP contribution < -0.4 is 15.4 Å². The summed E-state index contributed by atoms with van der Waals surface area (Å²) < 4.78 is 5.28. The van der Waals surface area contributed by atoms with E-state index in [4.69, 9.17) is 10.5 Å². The lowest BCUT2D eigenvalue weighted by atomic mass is 10.1. The highest BCUT2D eigenvalue weighted by Crippen LogP contribution is 2.31. The fraction of sp³-hybridized carbons (Fsp3) is 0.545. The van der Waals surface area contributed by atoms with Gasteiger partial charge < -0.3 is 20.3 Å². The van der Waals surface area contributed by atoms with E-state index in [2.05, 4.69) is 28.9 Å². The van der Waals surface area contributed by atoms with Crippen molar-refractivity contribution >= 4 is 11.5 Å². The highest BCUT2D eigenvalue weighted by Gasteiger charge is 2.30. The summed E-state index contributed by atoms with van der Waals surface area (Å²) in [5, 5.41) is 0. The number of rotatable bonds is 3. The van der Waals surface area contributed by atoms with Gasteiger partial charge in [-0.2, -0.15) is 0 Å². The number of nitrogen functional groups attached to an aromatic ring is 1. The third-order valence-electron chi connectivity index (χ3n) is 2.97. The monoisotopic (exact) mass is 222 g/mol. The first-order valence-corrected chi connectivity index (χ1v) is 5.32. The Bertz CT molecular complexity index is 374. The molecule has 0 unspecified atom stereocenters. The second kappa shape index (κ2) is 4.17.